The number of aryl methyl sites for hydroxylation is 1. The largest absolute Gasteiger partial charge is 0.369 e. The average Bonchev–Trinajstić information content (AvgIpc) is 3.43. The van der Waals surface area contributed by atoms with Gasteiger partial charge in [0.15, 0.2) is 6.23 Å². The summed E-state index contributed by atoms with van der Waals surface area (Å²) < 4.78 is 39.6. The molecule has 224 valence electrons. The number of sulfone groups is 1. The van der Waals surface area contributed by atoms with Gasteiger partial charge in [0, 0.05) is 41.8 Å². The first kappa shape index (κ1) is 29.9. The normalized spacial score (nSPS) is 14.6. The molecule has 1 aliphatic heterocycles. The number of aliphatic imine (C=N–C) groups is 1. The SMILES string of the molecule is Cc1ccc(NC(=O)c2[nH]c(S(=O)(=O)CCN(C)C)nc2-c2ccc(F)cc2)cc1Nc1ccc2c(c1)C(O)N(C)C=N2. The summed E-state index contributed by atoms with van der Waals surface area (Å²) in [4.78, 5) is 28.2. The topological polar surface area (TPSA) is 143 Å². The van der Waals surface area contributed by atoms with E-state index in [2.05, 4.69) is 25.6 Å². The van der Waals surface area contributed by atoms with Crippen LogP contribution in [0, 0.1) is 12.7 Å². The standard InChI is InChI=1S/C30H32FN7O4S/c1-18-5-10-22(16-25(18)33-21-11-12-24-23(15-21)29(40)38(4)17-32-24)34-28(39)27-26(19-6-8-20(31)9-7-19)35-30(36-27)43(41,42)14-13-37(2)3/h5-12,15-17,29,33,40H,13-14H2,1-4H3,(H,34,39)(H,35,36). The molecule has 0 aliphatic carbocycles. The van der Waals surface area contributed by atoms with Gasteiger partial charge in [-0.1, -0.05) is 6.07 Å². The Hall–Kier alpha value is -4.59. The summed E-state index contributed by atoms with van der Waals surface area (Å²) in [5.74, 6) is -1.29. The van der Waals surface area contributed by atoms with Gasteiger partial charge in [-0.2, -0.15) is 0 Å². The number of nitrogens with zero attached hydrogens (tertiary/aromatic N) is 4. The molecule has 1 aliphatic rings. The molecule has 5 rings (SSSR count). The van der Waals surface area contributed by atoms with Crippen molar-refractivity contribution in [1.82, 2.24) is 19.8 Å². The van der Waals surface area contributed by atoms with Gasteiger partial charge >= 0.3 is 0 Å². The first-order chi connectivity index (χ1) is 20.4. The summed E-state index contributed by atoms with van der Waals surface area (Å²) in [6.45, 7) is 2.17. The van der Waals surface area contributed by atoms with Crippen LogP contribution in [0.5, 0.6) is 0 Å². The molecule has 0 saturated heterocycles. The number of rotatable bonds is 9. The lowest BCUT2D eigenvalue weighted by Crippen LogP contribution is -2.25. The van der Waals surface area contributed by atoms with Crippen LogP contribution in [-0.4, -0.2) is 79.0 Å². The lowest BCUT2D eigenvalue weighted by atomic mass is 10.1. The minimum absolute atomic E-state index is 0.0709. The zero-order valence-electron chi connectivity index (χ0n) is 24.1. The third kappa shape index (κ3) is 6.58. The Balaban J connectivity index is 1.43. The Bertz CT molecular complexity index is 1800. The van der Waals surface area contributed by atoms with Crippen molar-refractivity contribution < 1.29 is 22.7 Å². The zero-order chi connectivity index (χ0) is 30.9. The van der Waals surface area contributed by atoms with E-state index in [1.165, 1.54) is 24.3 Å². The quantitative estimate of drug-likeness (QED) is 0.219. The van der Waals surface area contributed by atoms with Gasteiger partial charge in [-0.25, -0.2) is 22.8 Å². The van der Waals surface area contributed by atoms with Crippen molar-refractivity contribution in [2.24, 2.45) is 4.99 Å². The number of nitrogens with one attached hydrogen (secondary N) is 3. The molecule has 1 atom stereocenters. The van der Waals surface area contributed by atoms with E-state index in [1.54, 1.807) is 49.4 Å². The molecule has 1 aromatic heterocycles. The predicted molar refractivity (Wildman–Crippen MR) is 164 cm³/mol. The highest BCUT2D eigenvalue weighted by molar-refractivity contribution is 7.91. The number of hydrogen-bond donors (Lipinski definition) is 4. The Morgan fingerprint density at radius 2 is 1.81 bits per heavy atom. The first-order valence-corrected chi connectivity index (χ1v) is 15.1. The minimum atomic E-state index is -3.84. The van der Waals surface area contributed by atoms with Gasteiger partial charge < -0.3 is 30.5 Å². The number of carbonyl (C=O) groups excluding carboxylic acids is 1. The lowest BCUT2D eigenvalue weighted by molar-refractivity contribution is 0.0710. The van der Waals surface area contributed by atoms with E-state index in [0.717, 1.165) is 11.3 Å². The van der Waals surface area contributed by atoms with E-state index >= 15 is 0 Å². The second-order valence-electron chi connectivity index (χ2n) is 10.6. The number of fused-ring (bicyclic) bond motifs is 1. The molecule has 0 radical (unpaired) electrons. The highest BCUT2D eigenvalue weighted by Crippen LogP contribution is 2.34. The monoisotopic (exact) mass is 605 g/mol. The Morgan fingerprint density at radius 3 is 2.53 bits per heavy atom. The van der Waals surface area contributed by atoms with E-state index in [1.807, 2.05) is 31.2 Å². The van der Waals surface area contributed by atoms with Crippen LogP contribution in [0.25, 0.3) is 11.3 Å². The van der Waals surface area contributed by atoms with Gasteiger partial charge in [0.25, 0.3) is 5.91 Å². The molecule has 2 heterocycles. The third-order valence-corrected chi connectivity index (χ3v) is 8.48. The van der Waals surface area contributed by atoms with Crippen molar-refractivity contribution in [1.29, 1.82) is 0 Å². The van der Waals surface area contributed by atoms with E-state index in [0.29, 0.717) is 28.2 Å². The molecule has 1 amide bonds. The van der Waals surface area contributed by atoms with Crippen molar-refractivity contribution >= 4 is 44.8 Å². The molecule has 4 N–H and O–H groups in total. The fraction of sp³-hybridized carbons (Fsp3) is 0.233. The summed E-state index contributed by atoms with van der Waals surface area (Å²) in [5, 5.41) is 16.4. The fourth-order valence-electron chi connectivity index (χ4n) is 4.46. The van der Waals surface area contributed by atoms with Crippen molar-refractivity contribution in [2.45, 2.75) is 18.3 Å². The minimum Gasteiger partial charge on any atom is -0.369 e. The number of hydrogen-bond acceptors (Lipinski definition) is 9. The second kappa shape index (κ2) is 12.0. The number of aromatic nitrogens is 2. The highest BCUT2D eigenvalue weighted by atomic mass is 32.2. The van der Waals surface area contributed by atoms with Crippen LogP contribution < -0.4 is 10.6 Å². The van der Waals surface area contributed by atoms with Crippen LogP contribution in [0.2, 0.25) is 0 Å². The summed E-state index contributed by atoms with van der Waals surface area (Å²) in [6.07, 6.45) is 0.738. The lowest BCUT2D eigenvalue weighted by Gasteiger charge is -2.26. The van der Waals surface area contributed by atoms with Crippen molar-refractivity contribution in [2.75, 3.05) is 44.1 Å². The van der Waals surface area contributed by atoms with Crippen LogP contribution in [0.1, 0.15) is 27.8 Å². The van der Waals surface area contributed by atoms with Crippen LogP contribution in [0.3, 0.4) is 0 Å². The van der Waals surface area contributed by atoms with Crippen LogP contribution in [0.4, 0.5) is 27.1 Å². The van der Waals surface area contributed by atoms with Gasteiger partial charge in [0.2, 0.25) is 15.0 Å². The van der Waals surface area contributed by atoms with Crippen LogP contribution >= 0.6 is 0 Å². The number of amides is 1. The molecule has 3 aromatic carbocycles. The highest BCUT2D eigenvalue weighted by Gasteiger charge is 2.26. The summed E-state index contributed by atoms with van der Waals surface area (Å²) in [5.41, 5.74) is 4.49. The molecule has 0 bridgehead atoms. The van der Waals surface area contributed by atoms with E-state index in [9.17, 15) is 22.7 Å². The van der Waals surface area contributed by atoms with Gasteiger partial charge in [-0.15, -0.1) is 0 Å². The van der Waals surface area contributed by atoms with Crippen molar-refractivity contribution in [3.05, 3.63) is 83.3 Å². The number of halogens is 1. The summed E-state index contributed by atoms with van der Waals surface area (Å²) >= 11 is 0. The van der Waals surface area contributed by atoms with E-state index in [4.69, 9.17) is 0 Å². The van der Waals surface area contributed by atoms with Gasteiger partial charge in [0.1, 0.15) is 17.2 Å². The number of anilines is 3. The maximum atomic E-state index is 13.6. The fourth-order valence-corrected chi connectivity index (χ4v) is 5.74. The number of aliphatic hydroxyl groups is 1. The maximum Gasteiger partial charge on any atom is 0.274 e. The number of H-pyrrole nitrogens is 1. The number of aliphatic hydroxyl groups excluding tert-OH is 1. The van der Waals surface area contributed by atoms with Gasteiger partial charge in [0.05, 0.1) is 17.8 Å². The summed E-state index contributed by atoms with van der Waals surface area (Å²) in [7, 11) is 1.40. The maximum absolute atomic E-state index is 13.6. The number of carbonyl (C=O) groups is 1. The molecule has 0 fully saturated rings. The number of benzene rings is 3. The Morgan fingerprint density at radius 1 is 1.09 bits per heavy atom. The molecule has 0 spiro atoms. The van der Waals surface area contributed by atoms with Crippen molar-refractivity contribution in [3.63, 3.8) is 0 Å². The third-order valence-electron chi connectivity index (χ3n) is 6.97. The van der Waals surface area contributed by atoms with Gasteiger partial charge in [-0.05, 0) is 81.2 Å². The first-order valence-electron chi connectivity index (χ1n) is 13.4. The van der Waals surface area contributed by atoms with Crippen LogP contribution in [0.15, 0.2) is 70.8 Å². The van der Waals surface area contributed by atoms with Gasteiger partial charge in [-0.3, -0.25) is 4.79 Å². The molecular weight excluding hydrogens is 573 g/mol. The van der Waals surface area contributed by atoms with E-state index in [-0.39, 0.29) is 28.8 Å². The Kier molecular flexibility index (Phi) is 8.31. The molecule has 43 heavy (non-hydrogen) atoms. The van der Waals surface area contributed by atoms with E-state index < -0.39 is 27.8 Å². The molecule has 1 unspecified atom stereocenters. The average molecular weight is 606 g/mol. The molecule has 4 aromatic rings. The number of imidazole rings is 1. The molecule has 11 nitrogen and oxygen atoms in total. The van der Waals surface area contributed by atoms with Crippen LogP contribution in [-0.2, 0) is 9.84 Å². The summed E-state index contributed by atoms with van der Waals surface area (Å²) in [6, 6.07) is 16.1. The zero-order valence-corrected chi connectivity index (χ0v) is 24.9. The molecule has 13 heteroatoms. The molecule has 0 saturated carbocycles. The number of aromatic amines is 1. The molecular formula is C30H32FN7O4S. The predicted octanol–water partition coefficient (Wildman–Crippen LogP) is 4.45. The Labute approximate surface area is 249 Å². The smallest absolute Gasteiger partial charge is 0.274 e. The second-order valence-corrected chi connectivity index (χ2v) is 12.6. The van der Waals surface area contributed by atoms with Crippen molar-refractivity contribution in [3.8, 4) is 11.3 Å².